The van der Waals surface area contributed by atoms with E-state index in [1.54, 1.807) is 6.07 Å². The number of nitrogens with one attached hydrogen (secondary N) is 1. The maximum absolute atomic E-state index is 13.7. The van der Waals surface area contributed by atoms with Gasteiger partial charge in [0.05, 0.1) is 5.56 Å². The van der Waals surface area contributed by atoms with Crippen LogP contribution in [0.15, 0.2) is 60.7 Å². The standard InChI is InChI=1S/C32H35N3O3/c1-20(2)21-8-11-24(12-9-21)33-30(36)28-19-25(13-15-29(28)34-16-4-3-5-17-34)35-31(37)26-14-10-23(22-6-7-22)18-27(26)32(35)38/h8-15,18-20,22,31,37H,3-7,16-17H2,1-2H3,(H,33,36). The van der Waals surface area contributed by atoms with Crippen LogP contribution in [0.4, 0.5) is 17.1 Å². The molecule has 6 heteroatoms. The minimum Gasteiger partial charge on any atom is -0.371 e. The number of rotatable bonds is 6. The van der Waals surface area contributed by atoms with Crippen LogP contribution in [0.3, 0.4) is 0 Å². The highest BCUT2D eigenvalue weighted by Crippen LogP contribution is 2.44. The molecule has 196 valence electrons. The maximum Gasteiger partial charge on any atom is 0.261 e. The second-order valence-electron chi connectivity index (χ2n) is 11.1. The van der Waals surface area contributed by atoms with Gasteiger partial charge < -0.3 is 15.3 Å². The molecule has 6 rings (SSSR count). The number of benzene rings is 3. The lowest BCUT2D eigenvalue weighted by atomic mass is 10.0. The second kappa shape index (κ2) is 9.91. The molecule has 3 aliphatic rings. The molecular weight excluding hydrogens is 474 g/mol. The van der Waals surface area contributed by atoms with Crippen molar-refractivity contribution in [2.24, 2.45) is 0 Å². The number of piperidine rings is 1. The number of aliphatic hydroxyl groups is 1. The van der Waals surface area contributed by atoms with Gasteiger partial charge in [-0.05, 0) is 91.5 Å². The molecule has 38 heavy (non-hydrogen) atoms. The van der Waals surface area contributed by atoms with Crippen molar-refractivity contribution in [3.8, 4) is 0 Å². The molecule has 2 fully saturated rings. The first-order chi connectivity index (χ1) is 18.4. The molecule has 3 aromatic carbocycles. The van der Waals surface area contributed by atoms with E-state index in [0.717, 1.165) is 55.7 Å². The van der Waals surface area contributed by atoms with Crippen molar-refractivity contribution in [2.75, 3.05) is 28.2 Å². The monoisotopic (exact) mass is 509 g/mol. The summed E-state index contributed by atoms with van der Waals surface area (Å²) in [6, 6.07) is 19.3. The first-order valence-electron chi connectivity index (χ1n) is 13.9. The van der Waals surface area contributed by atoms with E-state index in [-0.39, 0.29) is 11.8 Å². The third-order valence-electron chi connectivity index (χ3n) is 8.13. The zero-order valence-electron chi connectivity index (χ0n) is 22.1. The molecule has 2 heterocycles. The molecule has 1 unspecified atom stereocenters. The van der Waals surface area contributed by atoms with E-state index in [2.05, 4.69) is 24.1 Å². The summed E-state index contributed by atoms with van der Waals surface area (Å²) in [5.41, 5.74) is 6.17. The summed E-state index contributed by atoms with van der Waals surface area (Å²) in [5.74, 6) is 0.486. The fraction of sp³-hybridized carbons (Fsp3) is 0.375. The van der Waals surface area contributed by atoms with Gasteiger partial charge in [-0.2, -0.15) is 0 Å². The van der Waals surface area contributed by atoms with Crippen molar-refractivity contribution >= 4 is 28.9 Å². The molecule has 1 aliphatic carbocycles. The molecule has 0 bridgehead atoms. The van der Waals surface area contributed by atoms with E-state index in [1.165, 1.54) is 16.9 Å². The Balaban J connectivity index is 1.33. The molecule has 2 amide bonds. The largest absolute Gasteiger partial charge is 0.371 e. The van der Waals surface area contributed by atoms with Crippen molar-refractivity contribution in [3.63, 3.8) is 0 Å². The second-order valence-corrected chi connectivity index (χ2v) is 11.1. The molecule has 6 nitrogen and oxygen atoms in total. The number of fused-ring (bicyclic) bond motifs is 1. The summed E-state index contributed by atoms with van der Waals surface area (Å²) in [5, 5.41) is 14.2. The minimum absolute atomic E-state index is 0.223. The number of carbonyl (C=O) groups is 2. The molecule has 0 aromatic heterocycles. The first kappa shape index (κ1) is 24.7. The highest BCUT2D eigenvalue weighted by atomic mass is 16.3. The molecular formula is C32H35N3O3. The molecule has 2 aliphatic heterocycles. The molecule has 3 aromatic rings. The average Bonchev–Trinajstić information content (AvgIpc) is 3.76. The summed E-state index contributed by atoms with van der Waals surface area (Å²) < 4.78 is 0. The SMILES string of the molecule is CC(C)c1ccc(NC(=O)c2cc(N3C(=O)c4cc(C5CC5)ccc4C3O)ccc2N2CCCCC2)cc1. The predicted octanol–water partition coefficient (Wildman–Crippen LogP) is 6.58. The zero-order chi connectivity index (χ0) is 26.4. The van der Waals surface area contributed by atoms with Gasteiger partial charge in [-0.3, -0.25) is 14.5 Å². The summed E-state index contributed by atoms with van der Waals surface area (Å²) in [6.45, 7) is 6.07. The van der Waals surface area contributed by atoms with E-state index >= 15 is 0 Å². The van der Waals surface area contributed by atoms with Crippen LogP contribution in [0.1, 0.15) is 101 Å². The van der Waals surface area contributed by atoms with Gasteiger partial charge in [-0.1, -0.05) is 38.1 Å². The van der Waals surface area contributed by atoms with Crippen LogP contribution in [0.2, 0.25) is 0 Å². The van der Waals surface area contributed by atoms with Gasteiger partial charge in [0.2, 0.25) is 0 Å². The number of hydrogen-bond acceptors (Lipinski definition) is 4. The van der Waals surface area contributed by atoms with Crippen LogP contribution in [-0.4, -0.2) is 30.0 Å². The average molecular weight is 510 g/mol. The molecule has 0 spiro atoms. The van der Waals surface area contributed by atoms with E-state index in [1.807, 2.05) is 54.6 Å². The van der Waals surface area contributed by atoms with Gasteiger partial charge in [0, 0.05) is 41.3 Å². The van der Waals surface area contributed by atoms with Crippen molar-refractivity contribution < 1.29 is 14.7 Å². The van der Waals surface area contributed by atoms with E-state index in [0.29, 0.717) is 34.2 Å². The maximum atomic E-state index is 13.7. The van der Waals surface area contributed by atoms with Crippen molar-refractivity contribution in [1.29, 1.82) is 0 Å². The molecule has 2 N–H and O–H groups in total. The molecule has 1 atom stereocenters. The van der Waals surface area contributed by atoms with Crippen LogP contribution < -0.4 is 15.1 Å². The lowest BCUT2D eigenvalue weighted by Crippen LogP contribution is -2.32. The fourth-order valence-electron chi connectivity index (χ4n) is 5.71. The van der Waals surface area contributed by atoms with Crippen LogP contribution in [-0.2, 0) is 0 Å². The number of aliphatic hydroxyl groups excluding tert-OH is 1. The van der Waals surface area contributed by atoms with Gasteiger partial charge >= 0.3 is 0 Å². The Morgan fingerprint density at radius 3 is 2.37 bits per heavy atom. The number of hydrogen-bond donors (Lipinski definition) is 2. The first-order valence-corrected chi connectivity index (χ1v) is 13.9. The Morgan fingerprint density at radius 1 is 0.947 bits per heavy atom. The molecule has 0 radical (unpaired) electrons. The molecule has 1 saturated carbocycles. The van der Waals surface area contributed by atoms with Crippen LogP contribution in [0, 0.1) is 0 Å². The summed E-state index contributed by atoms with van der Waals surface area (Å²) in [4.78, 5) is 30.8. The van der Waals surface area contributed by atoms with Gasteiger partial charge in [0.25, 0.3) is 11.8 Å². The highest BCUT2D eigenvalue weighted by Gasteiger charge is 2.38. The smallest absolute Gasteiger partial charge is 0.261 e. The number of carbonyl (C=O) groups excluding carboxylic acids is 2. The third kappa shape index (κ3) is 4.58. The van der Waals surface area contributed by atoms with Gasteiger partial charge in [0.15, 0.2) is 6.23 Å². The van der Waals surface area contributed by atoms with Gasteiger partial charge in [-0.15, -0.1) is 0 Å². The van der Waals surface area contributed by atoms with Crippen molar-refractivity contribution in [3.05, 3.63) is 88.5 Å². The molecule has 1 saturated heterocycles. The Kier molecular flexibility index (Phi) is 6.44. The summed E-state index contributed by atoms with van der Waals surface area (Å²) >= 11 is 0. The topological polar surface area (TPSA) is 72.9 Å². The predicted molar refractivity (Wildman–Crippen MR) is 151 cm³/mol. The van der Waals surface area contributed by atoms with Gasteiger partial charge in [-0.25, -0.2) is 0 Å². The van der Waals surface area contributed by atoms with Crippen LogP contribution >= 0.6 is 0 Å². The summed E-state index contributed by atoms with van der Waals surface area (Å²) in [6.07, 6.45) is 4.58. The van der Waals surface area contributed by atoms with Crippen molar-refractivity contribution in [2.45, 2.75) is 64.0 Å². The van der Waals surface area contributed by atoms with Crippen LogP contribution in [0.25, 0.3) is 0 Å². The van der Waals surface area contributed by atoms with Crippen LogP contribution in [0.5, 0.6) is 0 Å². The Labute approximate surface area is 224 Å². The lowest BCUT2D eigenvalue weighted by Gasteiger charge is -2.31. The quantitative estimate of drug-likeness (QED) is 0.394. The fourth-order valence-corrected chi connectivity index (χ4v) is 5.71. The lowest BCUT2D eigenvalue weighted by molar-refractivity contribution is 0.0933. The number of amides is 2. The minimum atomic E-state index is -1.08. The number of anilines is 3. The summed E-state index contributed by atoms with van der Waals surface area (Å²) in [7, 11) is 0. The zero-order valence-corrected chi connectivity index (χ0v) is 22.1. The Bertz CT molecular complexity index is 1370. The Hall–Kier alpha value is -3.64. The van der Waals surface area contributed by atoms with Gasteiger partial charge in [0.1, 0.15) is 0 Å². The Morgan fingerprint density at radius 2 is 1.68 bits per heavy atom. The van der Waals surface area contributed by atoms with E-state index < -0.39 is 6.23 Å². The van der Waals surface area contributed by atoms with E-state index in [4.69, 9.17) is 0 Å². The highest BCUT2D eigenvalue weighted by molar-refractivity contribution is 6.13. The van der Waals surface area contributed by atoms with E-state index in [9.17, 15) is 14.7 Å². The normalized spacial score (nSPS) is 19.2. The van der Waals surface area contributed by atoms with Crippen molar-refractivity contribution in [1.82, 2.24) is 0 Å². The third-order valence-corrected chi connectivity index (χ3v) is 8.13. The number of nitrogens with zero attached hydrogens (tertiary/aromatic N) is 2.